The van der Waals surface area contributed by atoms with E-state index in [1.807, 2.05) is 0 Å². The van der Waals surface area contributed by atoms with Crippen LogP contribution < -0.4 is 11.5 Å². The molecule has 15 heavy (non-hydrogen) atoms. The van der Waals surface area contributed by atoms with Crippen LogP contribution in [0.3, 0.4) is 0 Å². The maximum absolute atomic E-state index is 13.4. The van der Waals surface area contributed by atoms with Crippen molar-refractivity contribution in [2.45, 2.75) is 36.3 Å². The number of methoxy groups -OCH3 is 2. The molecule has 0 saturated heterocycles. The van der Waals surface area contributed by atoms with Gasteiger partial charge in [0.15, 0.2) is 0 Å². The zero-order valence-corrected chi connectivity index (χ0v) is 8.56. The standard InChI is InChI=1S/C8H16F2N2O3/c1-14-4-3(13)6(11)8(9,10)7(12)5(4)15-2/h3-7,13H,11-12H2,1-2H3/t3?,4-,5+,6+,7-/m1/s1. The van der Waals surface area contributed by atoms with Crippen LogP contribution in [0, 0.1) is 0 Å². The van der Waals surface area contributed by atoms with Crippen LogP contribution in [-0.4, -0.2) is 55.6 Å². The van der Waals surface area contributed by atoms with Gasteiger partial charge in [0.05, 0.1) is 12.1 Å². The van der Waals surface area contributed by atoms with E-state index >= 15 is 0 Å². The predicted octanol–water partition coefficient (Wildman–Crippen LogP) is -1.32. The Morgan fingerprint density at radius 3 is 1.93 bits per heavy atom. The van der Waals surface area contributed by atoms with Crippen molar-refractivity contribution in [3.05, 3.63) is 0 Å². The van der Waals surface area contributed by atoms with Gasteiger partial charge in [0, 0.05) is 14.2 Å². The lowest BCUT2D eigenvalue weighted by molar-refractivity contribution is -0.209. The summed E-state index contributed by atoms with van der Waals surface area (Å²) < 4.78 is 36.6. The molecule has 0 amide bonds. The van der Waals surface area contributed by atoms with Crippen LogP contribution in [0.4, 0.5) is 8.78 Å². The number of halogens is 2. The van der Waals surface area contributed by atoms with Crippen molar-refractivity contribution in [1.82, 2.24) is 0 Å². The van der Waals surface area contributed by atoms with Crippen LogP contribution in [0.15, 0.2) is 0 Å². The molecule has 1 fully saturated rings. The van der Waals surface area contributed by atoms with Gasteiger partial charge in [-0.05, 0) is 0 Å². The first-order valence-corrected chi connectivity index (χ1v) is 4.50. The number of rotatable bonds is 2. The molecule has 0 bridgehead atoms. The van der Waals surface area contributed by atoms with E-state index in [2.05, 4.69) is 0 Å². The minimum atomic E-state index is -3.38. The van der Waals surface area contributed by atoms with Crippen molar-refractivity contribution >= 4 is 0 Å². The molecule has 0 aliphatic heterocycles. The van der Waals surface area contributed by atoms with Crippen molar-refractivity contribution in [3.63, 3.8) is 0 Å². The van der Waals surface area contributed by atoms with Gasteiger partial charge in [-0.3, -0.25) is 0 Å². The molecule has 0 aromatic carbocycles. The van der Waals surface area contributed by atoms with Gasteiger partial charge in [-0.2, -0.15) is 0 Å². The number of alkyl halides is 2. The summed E-state index contributed by atoms with van der Waals surface area (Å²) in [6, 6.07) is -3.34. The highest BCUT2D eigenvalue weighted by atomic mass is 19.3. The molecule has 5 atom stereocenters. The molecule has 0 aromatic heterocycles. The number of hydrogen-bond acceptors (Lipinski definition) is 5. The third-order valence-corrected chi connectivity index (χ3v) is 2.82. The molecule has 1 aliphatic carbocycles. The molecule has 7 heteroatoms. The Labute approximate surface area is 86.3 Å². The first-order chi connectivity index (χ1) is 6.87. The average Bonchev–Trinajstić information content (AvgIpc) is 2.21. The molecule has 1 rings (SSSR count). The SMILES string of the molecule is CO[C@H]1[C@H](OC)C(O)[C@H](N)C(F)(F)[C@@H]1N. The minimum absolute atomic E-state index is 0.945. The van der Waals surface area contributed by atoms with Gasteiger partial charge in [0.25, 0.3) is 5.92 Å². The Morgan fingerprint density at radius 1 is 1.07 bits per heavy atom. The van der Waals surface area contributed by atoms with E-state index in [1.54, 1.807) is 0 Å². The Balaban J connectivity index is 2.98. The lowest BCUT2D eigenvalue weighted by Crippen LogP contribution is -2.73. The molecule has 5 N–H and O–H groups in total. The first kappa shape index (κ1) is 12.7. The van der Waals surface area contributed by atoms with Crippen molar-refractivity contribution in [1.29, 1.82) is 0 Å². The van der Waals surface area contributed by atoms with E-state index < -0.39 is 36.3 Å². The molecule has 0 spiro atoms. The first-order valence-electron chi connectivity index (χ1n) is 4.50. The Bertz CT molecular complexity index is 228. The van der Waals surface area contributed by atoms with Crippen LogP contribution in [0.1, 0.15) is 0 Å². The molecule has 90 valence electrons. The summed E-state index contributed by atoms with van der Waals surface area (Å²) in [5.41, 5.74) is 10.6. The fraction of sp³-hybridized carbons (Fsp3) is 1.00. The monoisotopic (exact) mass is 226 g/mol. The number of ether oxygens (including phenoxy) is 2. The Kier molecular flexibility index (Phi) is 3.62. The minimum Gasteiger partial charge on any atom is -0.388 e. The van der Waals surface area contributed by atoms with Crippen LogP contribution >= 0.6 is 0 Å². The lowest BCUT2D eigenvalue weighted by Gasteiger charge is -2.45. The highest BCUT2D eigenvalue weighted by molar-refractivity contribution is 5.08. The number of aliphatic hydroxyl groups excluding tert-OH is 1. The maximum atomic E-state index is 13.4. The van der Waals surface area contributed by atoms with E-state index in [-0.39, 0.29) is 0 Å². The molecule has 1 saturated carbocycles. The summed E-state index contributed by atoms with van der Waals surface area (Å²) in [5.74, 6) is -3.38. The second-order valence-electron chi connectivity index (χ2n) is 3.62. The molecule has 1 unspecified atom stereocenters. The van der Waals surface area contributed by atoms with Crippen LogP contribution in [0.25, 0.3) is 0 Å². The quantitative estimate of drug-likeness (QED) is 0.543. The van der Waals surface area contributed by atoms with Gasteiger partial charge in [0.1, 0.15) is 18.3 Å². The fourth-order valence-electron chi connectivity index (χ4n) is 1.83. The van der Waals surface area contributed by atoms with E-state index in [0.29, 0.717) is 0 Å². The van der Waals surface area contributed by atoms with E-state index in [4.69, 9.17) is 20.9 Å². The molecular formula is C8H16F2N2O3. The van der Waals surface area contributed by atoms with Gasteiger partial charge in [-0.25, -0.2) is 8.78 Å². The van der Waals surface area contributed by atoms with E-state index in [0.717, 1.165) is 0 Å². The van der Waals surface area contributed by atoms with Gasteiger partial charge >= 0.3 is 0 Å². The molecule has 0 aromatic rings. The van der Waals surface area contributed by atoms with Gasteiger partial charge in [-0.1, -0.05) is 0 Å². The fourth-order valence-corrected chi connectivity index (χ4v) is 1.83. The highest BCUT2D eigenvalue weighted by Crippen LogP contribution is 2.34. The molecule has 0 heterocycles. The topological polar surface area (TPSA) is 90.7 Å². The summed E-state index contributed by atoms with van der Waals surface area (Å²) in [7, 11) is 2.51. The molecule has 0 radical (unpaired) electrons. The van der Waals surface area contributed by atoms with E-state index in [9.17, 15) is 13.9 Å². The van der Waals surface area contributed by atoms with Crippen molar-refractivity contribution in [3.8, 4) is 0 Å². The van der Waals surface area contributed by atoms with Crippen molar-refractivity contribution < 1.29 is 23.4 Å². The van der Waals surface area contributed by atoms with Crippen molar-refractivity contribution in [2.24, 2.45) is 11.5 Å². The van der Waals surface area contributed by atoms with Crippen molar-refractivity contribution in [2.75, 3.05) is 14.2 Å². The largest absolute Gasteiger partial charge is 0.388 e. The van der Waals surface area contributed by atoms with Gasteiger partial charge in [-0.15, -0.1) is 0 Å². The highest BCUT2D eigenvalue weighted by Gasteiger charge is 2.59. The summed E-state index contributed by atoms with van der Waals surface area (Å²) in [4.78, 5) is 0. The number of aliphatic hydroxyl groups is 1. The average molecular weight is 226 g/mol. The van der Waals surface area contributed by atoms with Crippen LogP contribution in [-0.2, 0) is 9.47 Å². The zero-order chi connectivity index (χ0) is 11.8. The zero-order valence-electron chi connectivity index (χ0n) is 8.56. The maximum Gasteiger partial charge on any atom is 0.282 e. The summed E-state index contributed by atoms with van der Waals surface area (Å²) in [5, 5.41) is 9.53. The number of nitrogens with two attached hydrogens (primary N) is 2. The second-order valence-corrected chi connectivity index (χ2v) is 3.62. The van der Waals surface area contributed by atoms with Gasteiger partial charge < -0.3 is 26.0 Å². The second kappa shape index (κ2) is 4.26. The molecule has 1 aliphatic rings. The Morgan fingerprint density at radius 2 is 1.53 bits per heavy atom. The smallest absolute Gasteiger partial charge is 0.282 e. The third-order valence-electron chi connectivity index (χ3n) is 2.82. The summed E-state index contributed by atoms with van der Waals surface area (Å²) >= 11 is 0. The number of hydrogen-bond donors (Lipinski definition) is 3. The van der Waals surface area contributed by atoms with Crippen LogP contribution in [0.2, 0.25) is 0 Å². The third kappa shape index (κ3) is 1.85. The Hall–Kier alpha value is -0.340. The summed E-state index contributed by atoms with van der Waals surface area (Å²) in [6.45, 7) is 0. The molecular weight excluding hydrogens is 210 g/mol. The summed E-state index contributed by atoms with van der Waals surface area (Å²) in [6.07, 6.45) is -3.53. The normalized spacial score (nSPS) is 45.4. The van der Waals surface area contributed by atoms with Gasteiger partial charge in [0.2, 0.25) is 0 Å². The molecule has 5 nitrogen and oxygen atoms in total. The lowest BCUT2D eigenvalue weighted by atomic mass is 9.81. The predicted molar refractivity (Wildman–Crippen MR) is 48.5 cm³/mol. The van der Waals surface area contributed by atoms with E-state index in [1.165, 1.54) is 14.2 Å². The van der Waals surface area contributed by atoms with Crippen LogP contribution in [0.5, 0.6) is 0 Å².